The second kappa shape index (κ2) is 7.08. The van der Waals surface area contributed by atoms with Gasteiger partial charge in [0.05, 0.1) is 12.3 Å². The number of hydrogen-bond donors (Lipinski definition) is 2. The van der Waals surface area contributed by atoms with Gasteiger partial charge in [-0.05, 0) is 6.92 Å². The Bertz CT molecular complexity index is 367. The predicted octanol–water partition coefficient (Wildman–Crippen LogP) is 1.04. The van der Waals surface area contributed by atoms with Crippen LogP contribution >= 0.6 is 11.3 Å². The Morgan fingerprint density at radius 2 is 2.41 bits per heavy atom. The maximum atomic E-state index is 8.51. The summed E-state index contributed by atoms with van der Waals surface area (Å²) in [5, 5.41) is 14.4. The molecule has 0 spiro atoms. The molecular formula is C10H18N4O2S. The predicted molar refractivity (Wildman–Crippen MR) is 69.0 cm³/mol. The first kappa shape index (κ1) is 13.7. The lowest BCUT2D eigenvalue weighted by Crippen LogP contribution is -2.31. The number of nitrogens with zero attached hydrogens (tertiary/aromatic N) is 3. The van der Waals surface area contributed by atoms with Gasteiger partial charge in [-0.3, -0.25) is 0 Å². The highest BCUT2D eigenvalue weighted by Crippen LogP contribution is 2.19. The Hall–Kier alpha value is -1.34. The molecule has 0 unspecified atom stereocenters. The second-order valence-corrected chi connectivity index (χ2v) is 4.43. The molecule has 1 aromatic heterocycles. The number of methoxy groups -OCH3 is 1. The van der Waals surface area contributed by atoms with Crippen molar-refractivity contribution >= 4 is 22.3 Å². The van der Waals surface area contributed by atoms with Crippen molar-refractivity contribution in [2.45, 2.75) is 13.3 Å². The largest absolute Gasteiger partial charge is 0.409 e. The Morgan fingerprint density at radius 3 is 2.94 bits per heavy atom. The van der Waals surface area contributed by atoms with Crippen molar-refractivity contribution in [1.29, 1.82) is 0 Å². The van der Waals surface area contributed by atoms with Gasteiger partial charge in [-0.2, -0.15) is 0 Å². The smallest absolute Gasteiger partial charge is 0.185 e. The molecule has 1 rings (SSSR count). The summed E-state index contributed by atoms with van der Waals surface area (Å²) in [6.07, 6.45) is 0.499. The summed E-state index contributed by atoms with van der Waals surface area (Å²) < 4.78 is 5.06. The van der Waals surface area contributed by atoms with Crippen LogP contribution in [0.1, 0.15) is 12.1 Å². The van der Waals surface area contributed by atoms with Gasteiger partial charge in [-0.1, -0.05) is 5.16 Å². The summed E-state index contributed by atoms with van der Waals surface area (Å²) >= 11 is 1.58. The lowest BCUT2D eigenvalue weighted by atomic mass is 10.3. The van der Waals surface area contributed by atoms with Gasteiger partial charge in [0.2, 0.25) is 0 Å². The molecule has 6 nitrogen and oxygen atoms in total. The Balaban J connectivity index is 2.60. The highest BCUT2D eigenvalue weighted by Gasteiger charge is 2.10. The number of aryl methyl sites for hydroxylation is 1. The molecule has 0 atom stereocenters. The number of ether oxygens (including phenoxy) is 1. The summed E-state index contributed by atoms with van der Waals surface area (Å²) in [7, 11) is 1.66. The highest BCUT2D eigenvalue weighted by atomic mass is 32.1. The molecule has 0 amide bonds. The lowest BCUT2D eigenvalue weighted by molar-refractivity contribution is 0.205. The zero-order valence-corrected chi connectivity index (χ0v) is 10.9. The minimum absolute atomic E-state index is 0.223. The third kappa shape index (κ3) is 4.58. The fourth-order valence-electron chi connectivity index (χ4n) is 1.29. The van der Waals surface area contributed by atoms with E-state index in [0.29, 0.717) is 19.6 Å². The number of hydrogen-bond acceptors (Lipinski definition) is 6. The SMILES string of the molecule is COCCN(CCC(N)=NO)c1nc(C)cs1. The zero-order chi connectivity index (χ0) is 12.7. The first-order valence-corrected chi connectivity index (χ1v) is 6.17. The molecule has 0 aliphatic carbocycles. The molecule has 0 saturated carbocycles. The van der Waals surface area contributed by atoms with Crippen LogP contribution in [0.25, 0.3) is 0 Å². The third-order valence-corrected chi connectivity index (χ3v) is 3.23. The molecule has 1 aromatic rings. The summed E-state index contributed by atoms with van der Waals surface area (Å²) in [5.74, 6) is 0.223. The molecule has 7 heteroatoms. The molecule has 17 heavy (non-hydrogen) atoms. The van der Waals surface area contributed by atoms with Crippen molar-refractivity contribution in [2.75, 3.05) is 31.7 Å². The third-order valence-electron chi connectivity index (χ3n) is 2.21. The van der Waals surface area contributed by atoms with Gasteiger partial charge in [0.1, 0.15) is 5.84 Å². The van der Waals surface area contributed by atoms with Crippen LogP contribution in [0.15, 0.2) is 10.5 Å². The highest BCUT2D eigenvalue weighted by molar-refractivity contribution is 7.13. The van der Waals surface area contributed by atoms with E-state index in [1.807, 2.05) is 12.3 Å². The molecule has 0 fully saturated rings. The molecule has 0 bridgehead atoms. The number of nitrogens with two attached hydrogens (primary N) is 1. The molecule has 0 saturated heterocycles. The molecule has 3 N–H and O–H groups in total. The van der Waals surface area contributed by atoms with Crippen LogP contribution in [-0.2, 0) is 4.74 Å². The van der Waals surface area contributed by atoms with E-state index in [-0.39, 0.29) is 5.84 Å². The maximum Gasteiger partial charge on any atom is 0.185 e. The van der Waals surface area contributed by atoms with Crippen LogP contribution in [0.2, 0.25) is 0 Å². The van der Waals surface area contributed by atoms with Crippen LogP contribution in [0.5, 0.6) is 0 Å². The summed E-state index contributed by atoms with van der Waals surface area (Å²) in [5.41, 5.74) is 6.45. The zero-order valence-electron chi connectivity index (χ0n) is 10.1. The van der Waals surface area contributed by atoms with E-state index in [0.717, 1.165) is 17.4 Å². The number of rotatable bonds is 7. The number of amidine groups is 1. The van der Waals surface area contributed by atoms with E-state index < -0.39 is 0 Å². The number of anilines is 1. The molecule has 0 aliphatic rings. The van der Waals surface area contributed by atoms with E-state index in [1.165, 1.54) is 0 Å². The van der Waals surface area contributed by atoms with Gasteiger partial charge in [-0.25, -0.2) is 4.98 Å². The lowest BCUT2D eigenvalue weighted by Gasteiger charge is -2.20. The molecule has 0 radical (unpaired) electrons. The first-order chi connectivity index (χ1) is 8.17. The van der Waals surface area contributed by atoms with Gasteiger partial charge in [0.25, 0.3) is 0 Å². The normalized spacial score (nSPS) is 11.8. The second-order valence-electron chi connectivity index (χ2n) is 3.59. The van der Waals surface area contributed by atoms with Crippen molar-refractivity contribution in [3.63, 3.8) is 0 Å². The van der Waals surface area contributed by atoms with Crippen LogP contribution in [-0.4, -0.2) is 42.8 Å². The molecular weight excluding hydrogens is 240 g/mol. The fraction of sp³-hybridized carbons (Fsp3) is 0.600. The molecule has 96 valence electrons. The van der Waals surface area contributed by atoms with Gasteiger partial charge in [0.15, 0.2) is 5.13 Å². The van der Waals surface area contributed by atoms with Gasteiger partial charge in [-0.15, -0.1) is 11.3 Å². The monoisotopic (exact) mass is 258 g/mol. The van der Waals surface area contributed by atoms with Crippen LogP contribution < -0.4 is 10.6 Å². The van der Waals surface area contributed by atoms with Crippen molar-refractivity contribution in [2.24, 2.45) is 10.9 Å². The van der Waals surface area contributed by atoms with Crippen LogP contribution in [0.4, 0.5) is 5.13 Å². The standard InChI is InChI=1S/C10H18N4O2S/c1-8-7-17-10(12-8)14(5-6-16-2)4-3-9(11)13-15/h7,15H,3-6H2,1-2H3,(H2,11,13). The topological polar surface area (TPSA) is 84.0 Å². The van der Waals surface area contributed by atoms with E-state index in [4.69, 9.17) is 15.7 Å². The molecule has 0 aromatic carbocycles. The number of oxime groups is 1. The van der Waals surface area contributed by atoms with Crippen molar-refractivity contribution < 1.29 is 9.94 Å². The Labute approximate surface area is 105 Å². The van der Waals surface area contributed by atoms with Gasteiger partial charge in [0, 0.05) is 32.0 Å². The Morgan fingerprint density at radius 1 is 1.65 bits per heavy atom. The van der Waals surface area contributed by atoms with Crippen molar-refractivity contribution in [3.8, 4) is 0 Å². The average molecular weight is 258 g/mol. The van der Waals surface area contributed by atoms with E-state index in [1.54, 1.807) is 18.4 Å². The number of aromatic nitrogens is 1. The Kier molecular flexibility index (Phi) is 5.71. The van der Waals surface area contributed by atoms with Crippen molar-refractivity contribution in [3.05, 3.63) is 11.1 Å². The van der Waals surface area contributed by atoms with Crippen LogP contribution in [0.3, 0.4) is 0 Å². The quantitative estimate of drug-likeness (QED) is 0.330. The van der Waals surface area contributed by atoms with E-state index >= 15 is 0 Å². The summed E-state index contributed by atoms with van der Waals surface area (Å²) in [6, 6.07) is 0. The summed E-state index contributed by atoms with van der Waals surface area (Å²) in [6.45, 7) is 3.97. The molecule has 1 heterocycles. The van der Waals surface area contributed by atoms with Gasteiger partial charge >= 0.3 is 0 Å². The van der Waals surface area contributed by atoms with E-state index in [2.05, 4.69) is 15.0 Å². The average Bonchev–Trinajstić information content (AvgIpc) is 2.75. The van der Waals surface area contributed by atoms with Crippen LogP contribution in [0, 0.1) is 6.92 Å². The van der Waals surface area contributed by atoms with E-state index in [9.17, 15) is 0 Å². The number of thiazole rings is 1. The van der Waals surface area contributed by atoms with Gasteiger partial charge < -0.3 is 20.6 Å². The minimum atomic E-state index is 0.223. The fourth-order valence-corrected chi connectivity index (χ4v) is 2.15. The first-order valence-electron chi connectivity index (χ1n) is 5.29. The maximum absolute atomic E-state index is 8.51. The summed E-state index contributed by atoms with van der Waals surface area (Å²) in [4.78, 5) is 6.48. The minimum Gasteiger partial charge on any atom is -0.409 e. The van der Waals surface area contributed by atoms with Crippen molar-refractivity contribution in [1.82, 2.24) is 4.98 Å². The molecule has 0 aliphatic heterocycles.